The molecule has 3 aliphatic heterocycles. The molecule has 12 heteroatoms. The van der Waals surface area contributed by atoms with Crippen LogP contribution in [0, 0.1) is 0 Å². The first-order valence-corrected chi connectivity index (χ1v) is 15.4. The summed E-state index contributed by atoms with van der Waals surface area (Å²) in [6, 6.07) is 12.8. The third-order valence-electron chi connectivity index (χ3n) is 8.47. The van der Waals surface area contributed by atoms with E-state index in [1.807, 2.05) is 45.4 Å². The van der Waals surface area contributed by atoms with Crippen molar-refractivity contribution in [3.63, 3.8) is 0 Å². The first-order chi connectivity index (χ1) is 21.2. The highest BCUT2D eigenvalue weighted by atomic mass is 16.6. The van der Waals surface area contributed by atoms with E-state index in [1.54, 1.807) is 32.9 Å². The van der Waals surface area contributed by atoms with Crippen LogP contribution in [0.25, 0.3) is 0 Å². The molecule has 0 atom stereocenters. The van der Waals surface area contributed by atoms with Gasteiger partial charge >= 0.3 is 18.3 Å². The molecule has 3 fully saturated rings. The van der Waals surface area contributed by atoms with E-state index < -0.39 is 12.2 Å². The van der Waals surface area contributed by atoms with Crippen LogP contribution in [0.1, 0.15) is 11.1 Å². The topological polar surface area (TPSA) is 98.3 Å². The normalized spacial score (nSPS) is 18.7. The molecule has 0 spiro atoms. The van der Waals surface area contributed by atoms with Crippen LogP contribution in [0.3, 0.4) is 0 Å². The second-order valence-corrected chi connectivity index (χ2v) is 11.9. The molecule has 0 radical (unpaired) electrons. The number of hydrogen-bond acceptors (Lipinski definition) is 9. The molecule has 0 aromatic heterocycles. The Morgan fingerprint density at radius 1 is 0.477 bits per heavy atom. The molecule has 0 unspecified atom stereocenters. The summed E-state index contributed by atoms with van der Waals surface area (Å²) >= 11 is 0. The monoisotopic (exact) mass is 608 g/mol. The van der Waals surface area contributed by atoms with Gasteiger partial charge in [-0.15, -0.1) is 0 Å². The number of rotatable bonds is 6. The van der Waals surface area contributed by atoms with Gasteiger partial charge < -0.3 is 43.6 Å². The standard InChI is InChI=1S/C32H44N6O6/c1-33-10-16-36(17-11-33)30(39)42-27-8-6-25(7-9-27)4-5-26-22-28(43-31(40)37-18-12-34(2)13-19-37)24-29(23-26)44-32(41)38-20-14-35(3)15-21-38/h6-9,22-24H,4-5,10-21H2,1-3H3. The van der Waals surface area contributed by atoms with E-state index in [0.717, 1.165) is 50.4 Å². The number of nitrogens with zero attached hydrogens (tertiary/aromatic N) is 6. The summed E-state index contributed by atoms with van der Waals surface area (Å²) in [5, 5.41) is 0. The lowest BCUT2D eigenvalue weighted by atomic mass is 10.0. The maximum absolute atomic E-state index is 12.9. The van der Waals surface area contributed by atoms with Crippen LogP contribution in [-0.4, -0.2) is 147 Å². The predicted octanol–water partition coefficient (Wildman–Crippen LogP) is 2.71. The number of piperazine rings is 3. The fraction of sp³-hybridized carbons (Fsp3) is 0.531. The third kappa shape index (κ3) is 8.84. The molecule has 5 rings (SSSR count). The number of likely N-dealkylation sites (N-methyl/N-ethyl adjacent to an activating group) is 3. The summed E-state index contributed by atoms with van der Waals surface area (Å²) in [7, 11) is 6.10. The van der Waals surface area contributed by atoms with Crippen LogP contribution in [-0.2, 0) is 12.8 Å². The zero-order valence-corrected chi connectivity index (χ0v) is 26.1. The van der Waals surface area contributed by atoms with Crippen LogP contribution >= 0.6 is 0 Å². The quantitative estimate of drug-likeness (QED) is 0.490. The lowest BCUT2D eigenvalue weighted by Gasteiger charge is -2.32. The molecular formula is C32H44N6O6. The Morgan fingerprint density at radius 2 is 0.818 bits per heavy atom. The van der Waals surface area contributed by atoms with Gasteiger partial charge in [0.15, 0.2) is 0 Å². The van der Waals surface area contributed by atoms with Gasteiger partial charge in [0, 0.05) is 84.6 Å². The van der Waals surface area contributed by atoms with E-state index in [1.165, 1.54) is 0 Å². The van der Waals surface area contributed by atoms with Crippen molar-refractivity contribution >= 4 is 18.3 Å². The Labute approximate surface area is 259 Å². The number of carbonyl (C=O) groups excluding carboxylic acids is 3. The maximum atomic E-state index is 12.9. The van der Waals surface area contributed by atoms with Gasteiger partial charge in [0.2, 0.25) is 0 Å². The van der Waals surface area contributed by atoms with E-state index in [2.05, 4.69) is 14.7 Å². The largest absolute Gasteiger partial charge is 0.415 e. The second kappa shape index (κ2) is 14.7. The SMILES string of the molecule is CN1CCN(C(=O)Oc2ccc(CCc3cc(OC(=O)N4CCN(C)CC4)cc(OC(=O)N4CCN(C)CC4)c3)cc2)CC1. The fourth-order valence-corrected chi connectivity index (χ4v) is 5.37. The molecule has 3 heterocycles. The van der Waals surface area contributed by atoms with E-state index >= 15 is 0 Å². The minimum absolute atomic E-state index is 0.326. The van der Waals surface area contributed by atoms with Gasteiger partial charge in [-0.1, -0.05) is 12.1 Å². The summed E-state index contributed by atoms with van der Waals surface area (Å²) in [6.07, 6.45) is 0.169. The highest BCUT2D eigenvalue weighted by molar-refractivity contribution is 5.73. The van der Waals surface area contributed by atoms with E-state index in [-0.39, 0.29) is 6.09 Å². The maximum Gasteiger partial charge on any atom is 0.415 e. The lowest BCUT2D eigenvalue weighted by molar-refractivity contribution is 0.118. The van der Waals surface area contributed by atoms with E-state index in [9.17, 15) is 14.4 Å². The predicted molar refractivity (Wildman–Crippen MR) is 166 cm³/mol. The fourth-order valence-electron chi connectivity index (χ4n) is 5.37. The molecule has 238 valence electrons. The number of carbonyl (C=O) groups is 3. The Kier molecular flexibility index (Phi) is 10.6. The Bertz CT molecular complexity index is 1230. The van der Waals surface area contributed by atoms with Crippen LogP contribution in [0.15, 0.2) is 42.5 Å². The van der Waals surface area contributed by atoms with Gasteiger partial charge in [0.1, 0.15) is 17.2 Å². The Balaban J connectivity index is 1.22. The van der Waals surface area contributed by atoms with Crippen LogP contribution < -0.4 is 14.2 Å². The molecule has 3 amide bonds. The van der Waals surface area contributed by atoms with Gasteiger partial charge in [-0.3, -0.25) is 0 Å². The zero-order chi connectivity index (χ0) is 31.1. The molecule has 0 bridgehead atoms. The van der Waals surface area contributed by atoms with Crippen molar-refractivity contribution in [1.29, 1.82) is 0 Å². The number of benzene rings is 2. The van der Waals surface area contributed by atoms with Gasteiger partial charge in [-0.05, 0) is 69.4 Å². The molecule has 12 nitrogen and oxygen atoms in total. The molecule has 3 saturated heterocycles. The third-order valence-corrected chi connectivity index (χ3v) is 8.47. The van der Waals surface area contributed by atoms with Gasteiger partial charge in [-0.2, -0.15) is 0 Å². The Hall–Kier alpha value is -3.87. The van der Waals surface area contributed by atoms with Crippen molar-refractivity contribution in [2.75, 3.05) is 99.7 Å². The summed E-state index contributed by atoms with van der Waals surface area (Å²) < 4.78 is 17.1. The average molecular weight is 609 g/mol. The first-order valence-electron chi connectivity index (χ1n) is 15.4. The molecule has 3 aliphatic rings. The van der Waals surface area contributed by atoms with E-state index in [0.29, 0.717) is 69.4 Å². The Morgan fingerprint density at radius 3 is 1.20 bits per heavy atom. The smallest absolute Gasteiger partial charge is 0.410 e. The van der Waals surface area contributed by atoms with Gasteiger partial charge in [0.25, 0.3) is 0 Å². The lowest BCUT2D eigenvalue weighted by Crippen LogP contribution is -2.48. The molecule has 0 N–H and O–H groups in total. The van der Waals surface area contributed by atoms with E-state index in [4.69, 9.17) is 14.2 Å². The minimum atomic E-state index is -0.409. The highest BCUT2D eigenvalue weighted by Crippen LogP contribution is 2.26. The summed E-state index contributed by atoms with van der Waals surface area (Å²) in [4.78, 5) is 50.0. The first kappa shape index (κ1) is 31.6. The number of aryl methyl sites for hydroxylation is 2. The van der Waals surface area contributed by atoms with Crippen molar-refractivity contribution < 1.29 is 28.6 Å². The van der Waals surface area contributed by atoms with Gasteiger partial charge in [-0.25, -0.2) is 14.4 Å². The molecular weight excluding hydrogens is 564 g/mol. The second-order valence-electron chi connectivity index (χ2n) is 11.9. The van der Waals surface area contributed by atoms with Crippen molar-refractivity contribution in [2.45, 2.75) is 12.8 Å². The van der Waals surface area contributed by atoms with Crippen molar-refractivity contribution in [1.82, 2.24) is 29.4 Å². The number of ether oxygens (including phenoxy) is 3. The van der Waals surface area contributed by atoms with Crippen LogP contribution in [0.2, 0.25) is 0 Å². The molecule has 2 aromatic carbocycles. The number of hydrogen-bond donors (Lipinski definition) is 0. The van der Waals surface area contributed by atoms with Crippen molar-refractivity contribution in [2.24, 2.45) is 0 Å². The highest BCUT2D eigenvalue weighted by Gasteiger charge is 2.24. The van der Waals surface area contributed by atoms with Gasteiger partial charge in [0.05, 0.1) is 0 Å². The summed E-state index contributed by atoms with van der Waals surface area (Å²) in [6.45, 7) is 8.53. The number of amides is 3. The van der Waals surface area contributed by atoms with Crippen molar-refractivity contribution in [3.05, 3.63) is 53.6 Å². The molecule has 0 aliphatic carbocycles. The summed E-state index contributed by atoms with van der Waals surface area (Å²) in [5.41, 5.74) is 1.93. The molecule has 44 heavy (non-hydrogen) atoms. The minimum Gasteiger partial charge on any atom is -0.410 e. The summed E-state index contributed by atoms with van der Waals surface area (Å²) in [5.74, 6) is 1.20. The van der Waals surface area contributed by atoms with Crippen LogP contribution in [0.4, 0.5) is 14.4 Å². The van der Waals surface area contributed by atoms with Crippen LogP contribution in [0.5, 0.6) is 17.2 Å². The molecule has 0 saturated carbocycles. The van der Waals surface area contributed by atoms with Crippen molar-refractivity contribution in [3.8, 4) is 17.2 Å². The molecule has 2 aromatic rings. The average Bonchev–Trinajstić information content (AvgIpc) is 3.01. The zero-order valence-electron chi connectivity index (χ0n) is 26.1.